The molecule has 0 aromatic heterocycles. The van der Waals surface area contributed by atoms with Gasteiger partial charge in [0, 0.05) is 38.6 Å². The molecule has 1 aliphatic rings. The summed E-state index contributed by atoms with van der Waals surface area (Å²) < 4.78 is 0. The molecule has 4 amide bonds. The molecule has 1 N–H and O–H groups in total. The van der Waals surface area contributed by atoms with Crippen LogP contribution in [0.1, 0.15) is 6.92 Å². The van der Waals surface area contributed by atoms with Gasteiger partial charge >= 0.3 is 17.8 Å². The molecule has 0 saturated carbocycles. The van der Waals surface area contributed by atoms with Crippen molar-refractivity contribution in [1.29, 1.82) is 0 Å². The Morgan fingerprint density at radius 2 is 1.95 bits per heavy atom. The van der Waals surface area contributed by atoms with E-state index in [1.54, 1.807) is 6.92 Å². The van der Waals surface area contributed by atoms with Crippen LogP contribution in [-0.2, 0) is 9.59 Å². The molecule has 0 bridgehead atoms. The van der Waals surface area contributed by atoms with Crippen LogP contribution in [0.2, 0.25) is 0 Å². The lowest BCUT2D eigenvalue weighted by molar-refractivity contribution is -0.155. The van der Waals surface area contributed by atoms with Gasteiger partial charge < -0.3 is 15.1 Å². The Morgan fingerprint density at radius 1 is 1.33 bits per heavy atom. The van der Waals surface area contributed by atoms with Gasteiger partial charge in [0.05, 0.1) is 11.8 Å². The molecule has 10 heteroatoms. The minimum Gasteiger partial charge on any atom is -0.335 e. The molecular weight excluding hydrogens is 302 g/mol. The molecule has 0 spiro atoms. The first kappa shape index (κ1) is 17.2. The molecule has 1 fully saturated rings. The average molecular weight is 320 g/mol. The fraction of sp³-hybridized carbons (Fsp3) is 0.727. The number of carbonyl (C=O) groups is 3. The van der Waals surface area contributed by atoms with Crippen LogP contribution in [0, 0.1) is 4.91 Å². The first-order valence-electron chi connectivity index (χ1n) is 6.57. The summed E-state index contributed by atoms with van der Waals surface area (Å²) in [5.41, 5.74) is 0. The largest absolute Gasteiger partial charge is 0.340 e. The van der Waals surface area contributed by atoms with Crippen molar-refractivity contribution in [3.8, 4) is 0 Å². The summed E-state index contributed by atoms with van der Waals surface area (Å²) in [5, 5.41) is 5.64. The van der Waals surface area contributed by atoms with Crippen molar-refractivity contribution in [2.75, 3.05) is 45.1 Å². The van der Waals surface area contributed by atoms with Crippen LogP contribution in [0.25, 0.3) is 0 Å². The Hall–Kier alpha value is -1.90. The number of halogens is 1. The van der Waals surface area contributed by atoms with Crippen LogP contribution in [0.3, 0.4) is 0 Å². The van der Waals surface area contributed by atoms with Crippen molar-refractivity contribution in [2.24, 2.45) is 5.29 Å². The number of hydrogen-bond donors (Lipinski definition) is 1. The van der Waals surface area contributed by atoms with Crippen molar-refractivity contribution < 1.29 is 14.4 Å². The second kappa shape index (κ2) is 8.40. The number of likely N-dealkylation sites (N-methyl/N-ethyl adjacent to an activating group) is 1. The van der Waals surface area contributed by atoms with Gasteiger partial charge in [-0.2, -0.15) is 5.01 Å². The van der Waals surface area contributed by atoms with Crippen LogP contribution >= 0.6 is 11.6 Å². The highest BCUT2D eigenvalue weighted by atomic mass is 35.5. The van der Waals surface area contributed by atoms with Gasteiger partial charge in [-0.3, -0.25) is 9.59 Å². The highest BCUT2D eigenvalue weighted by molar-refractivity contribution is 6.35. The molecule has 1 rings (SSSR count). The quantitative estimate of drug-likeness (QED) is 0.299. The Bertz CT molecular complexity index is 419. The van der Waals surface area contributed by atoms with Crippen LogP contribution in [0.15, 0.2) is 5.29 Å². The molecule has 21 heavy (non-hydrogen) atoms. The minimum absolute atomic E-state index is 0.00345. The zero-order valence-corrected chi connectivity index (χ0v) is 12.5. The van der Waals surface area contributed by atoms with Gasteiger partial charge in [-0.1, -0.05) is 0 Å². The van der Waals surface area contributed by atoms with E-state index in [-0.39, 0.29) is 25.5 Å². The minimum atomic E-state index is -0.684. The number of piperazine rings is 1. The standard InChI is InChI=1S/C11H18ClN5O4/c1-2-15-7-8-16(10(19)9(15)18)6-4-13-11(20)17(14-21)5-3-12/h2-8H2,1H3,(H,13,20). The predicted octanol–water partition coefficient (Wildman–Crippen LogP) is -0.391. The van der Waals surface area contributed by atoms with E-state index in [9.17, 15) is 19.3 Å². The predicted molar refractivity (Wildman–Crippen MR) is 75.5 cm³/mol. The zero-order valence-electron chi connectivity index (χ0n) is 11.7. The lowest BCUT2D eigenvalue weighted by Gasteiger charge is -2.33. The number of rotatable bonds is 7. The fourth-order valence-electron chi connectivity index (χ4n) is 1.88. The number of alkyl halides is 1. The Balaban J connectivity index is 2.39. The Kier molecular flexibility index (Phi) is 6.86. The number of hydrogen-bond acceptors (Lipinski definition) is 5. The van der Waals surface area contributed by atoms with E-state index < -0.39 is 17.8 Å². The second-order valence-corrected chi connectivity index (χ2v) is 4.68. The fourth-order valence-corrected chi connectivity index (χ4v) is 2.04. The zero-order chi connectivity index (χ0) is 15.8. The molecule has 1 aliphatic heterocycles. The van der Waals surface area contributed by atoms with Crippen LogP contribution in [0.5, 0.6) is 0 Å². The summed E-state index contributed by atoms with van der Waals surface area (Å²) in [4.78, 5) is 48.2. The Morgan fingerprint density at radius 3 is 2.52 bits per heavy atom. The summed E-state index contributed by atoms with van der Waals surface area (Å²) >= 11 is 5.42. The third kappa shape index (κ3) is 4.55. The van der Waals surface area contributed by atoms with Gasteiger partial charge in [-0.15, -0.1) is 16.5 Å². The molecule has 0 unspecified atom stereocenters. The number of nitrogens with zero attached hydrogens (tertiary/aromatic N) is 4. The topological polar surface area (TPSA) is 102 Å². The molecule has 0 atom stereocenters. The van der Waals surface area contributed by atoms with Crippen LogP contribution in [-0.4, -0.2) is 77.8 Å². The van der Waals surface area contributed by atoms with E-state index >= 15 is 0 Å². The summed E-state index contributed by atoms with van der Waals surface area (Å²) in [7, 11) is 0. The molecule has 0 aromatic carbocycles. The van der Waals surface area contributed by atoms with Crippen molar-refractivity contribution in [2.45, 2.75) is 6.92 Å². The van der Waals surface area contributed by atoms with E-state index in [2.05, 4.69) is 10.6 Å². The third-order valence-electron chi connectivity index (χ3n) is 3.07. The monoisotopic (exact) mass is 319 g/mol. The van der Waals surface area contributed by atoms with Crippen molar-refractivity contribution in [1.82, 2.24) is 20.1 Å². The van der Waals surface area contributed by atoms with Gasteiger partial charge in [0.2, 0.25) is 0 Å². The molecule has 0 aromatic rings. The summed E-state index contributed by atoms with van der Waals surface area (Å²) in [6.45, 7) is 3.52. The number of carbonyl (C=O) groups excluding carboxylic acids is 3. The summed E-state index contributed by atoms with van der Waals surface area (Å²) in [6, 6.07) is -0.684. The highest BCUT2D eigenvalue weighted by Gasteiger charge is 2.31. The van der Waals surface area contributed by atoms with Gasteiger partial charge in [0.25, 0.3) is 0 Å². The van der Waals surface area contributed by atoms with E-state index in [0.717, 1.165) is 0 Å². The second-order valence-electron chi connectivity index (χ2n) is 4.30. The van der Waals surface area contributed by atoms with Gasteiger partial charge in [-0.05, 0) is 6.92 Å². The van der Waals surface area contributed by atoms with Crippen molar-refractivity contribution >= 4 is 29.4 Å². The summed E-state index contributed by atoms with van der Waals surface area (Å²) in [6.07, 6.45) is 0. The van der Waals surface area contributed by atoms with E-state index in [1.807, 2.05) is 0 Å². The highest BCUT2D eigenvalue weighted by Crippen LogP contribution is 2.04. The average Bonchev–Trinajstić information content (AvgIpc) is 2.49. The lowest BCUT2D eigenvalue weighted by Crippen LogP contribution is -2.55. The molecule has 0 radical (unpaired) electrons. The molecule has 118 valence electrons. The lowest BCUT2D eigenvalue weighted by atomic mass is 10.3. The van der Waals surface area contributed by atoms with Gasteiger partial charge in [0.15, 0.2) is 0 Å². The molecule has 0 aliphatic carbocycles. The molecular formula is C11H18ClN5O4. The molecule has 9 nitrogen and oxygen atoms in total. The first-order valence-corrected chi connectivity index (χ1v) is 7.11. The van der Waals surface area contributed by atoms with E-state index in [0.29, 0.717) is 24.6 Å². The smallest absolute Gasteiger partial charge is 0.335 e. The molecule has 1 heterocycles. The number of amides is 4. The van der Waals surface area contributed by atoms with Gasteiger partial charge in [-0.25, -0.2) is 4.79 Å². The van der Waals surface area contributed by atoms with Crippen LogP contribution < -0.4 is 5.32 Å². The van der Waals surface area contributed by atoms with E-state index in [4.69, 9.17) is 11.6 Å². The maximum absolute atomic E-state index is 11.8. The van der Waals surface area contributed by atoms with E-state index in [1.165, 1.54) is 9.80 Å². The van der Waals surface area contributed by atoms with Crippen molar-refractivity contribution in [3.63, 3.8) is 0 Å². The first-order chi connectivity index (χ1) is 10.0. The maximum Gasteiger partial charge on any atom is 0.340 e. The SMILES string of the molecule is CCN1CCN(CCNC(=O)N(CCCl)N=O)C(=O)C1=O. The number of urea groups is 1. The van der Waals surface area contributed by atoms with Gasteiger partial charge in [0.1, 0.15) is 0 Å². The molecule has 1 saturated heterocycles. The normalized spacial score (nSPS) is 15.1. The number of nitrogens with one attached hydrogen (secondary N) is 1. The third-order valence-corrected chi connectivity index (χ3v) is 3.24. The maximum atomic E-state index is 11.8. The van der Waals surface area contributed by atoms with Crippen molar-refractivity contribution in [3.05, 3.63) is 4.91 Å². The Labute approximate surface area is 127 Å². The number of nitroso groups, excluding NO2 is 1. The van der Waals surface area contributed by atoms with Crippen LogP contribution in [0.4, 0.5) is 4.79 Å². The summed E-state index contributed by atoms with van der Waals surface area (Å²) in [5.74, 6) is -1.03.